The summed E-state index contributed by atoms with van der Waals surface area (Å²) >= 11 is 0. The van der Waals surface area contributed by atoms with Gasteiger partial charge in [0, 0.05) is 7.11 Å². The Morgan fingerprint density at radius 1 is 1.47 bits per heavy atom. The van der Waals surface area contributed by atoms with E-state index in [4.69, 9.17) is 9.47 Å². The first kappa shape index (κ1) is 14.1. The zero-order chi connectivity index (χ0) is 13.3. The van der Waals surface area contributed by atoms with Crippen molar-refractivity contribution in [1.29, 1.82) is 0 Å². The molecule has 0 aromatic rings. The first-order chi connectivity index (χ1) is 7.70. The van der Waals surface area contributed by atoms with Crippen LogP contribution in [0.15, 0.2) is 0 Å². The summed E-state index contributed by atoms with van der Waals surface area (Å²) in [6.07, 6.45) is -1.71. The third-order valence-corrected chi connectivity index (χ3v) is 2.16. The van der Waals surface area contributed by atoms with Gasteiger partial charge in [-0.3, -0.25) is 9.59 Å². The summed E-state index contributed by atoms with van der Waals surface area (Å²) in [6, 6.07) is 0. The number of carbonyl (C=O) groups is 2. The Kier molecular flexibility index (Phi) is 3.95. The van der Waals surface area contributed by atoms with Crippen LogP contribution in [0.2, 0.25) is 0 Å². The fourth-order valence-electron chi connectivity index (χ4n) is 1.27. The number of halogens is 2. The highest BCUT2D eigenvalue weighted by Gasteiger charge is 2.53. The van der Waals surface area contributed by atoms with Crippen LogP contribution >= 0.6 is 0 Å². The Morgan fingerprint density at radius 3 is 2.47 bits per heavy atom. The molecular formula is C10H14F2O5. The summed E-state index contributed by atoms with van der Waals surface area (Å²) in [4.78, 5) is 22.4. The number of ketones is 2. The second-order valence-electron chi connectivity index (χ2n) is 4.32. The molecule has 1 atom stereocenters. The highest BCUT2D eigenvalue weighted by atomic mass is 19.3. The van der Waals surface area contributed by atoms with Gasteiger partial charge in [-0.05, 0) is 13.8 Å². The van der Waals surface area contributed by atoms with E-state index < -0.39 is 36.0 Å². The predicted octanol–water partition coefficient (Wildman–Crippen LogP) is 0.558. The maximum atomic E-state index is 13.4. The van der Waals surface area contributed by atoms with Gasteiger partial charge in [0.05, 0.1) is 12.2 Å². The lowest BCUT2D eigenvalue weighted by Gasteiger charge is -2.19. The summed E-state index contributed by atoms with van der Waals surface area (Å²) in [5.74, 6) is -7.45. The van der Waals surface area contributed by atoms with E-state index in [-0.39, 0.29) is 6.61 Å². The molecule has 0 spiro atoms. The Balaban J connectivity index is 2.73. The van der Waals surface area contributed by atoms with Crippen LogP contribution in [0, 0.1) is 0 Å². The number of alkyl halides is 2. The fraction of sp³-hybridized carbons (Fsp3) is 0.800. The molecule has 0 saturated carbocycles. The SMILES string of the molecule is COCC(=O)C(F)(F)C(=O)[C@@H]1OCC(C)(C)O1. The molecule has 0 aromatic carbocycles. The molecule has 1 aliphatic heterocycles. The highest BCUT2D eigenvalue weighted by Crippen LogP contribution is 2.28. The first-order valence-corrected chi connectivity index (χ1v) is 4.94. The molecule has 7 heteroatoms. The number of hydrogen-bond donors (Lipinski definition) is 0. The average molecular weight is 252 g/mol. The van der Waals surface area contributed by atoms with Crippen LogP contribution in [0.25, 0.3) is 0 Å². The van der Waals surface area contributed by atoms with Gasteiger partial charge in [-0.1, -0.05) is 0 Å². The maximum Gasteiger partial charge on any atom is 0.369 e. The second kappa shape index (κ2) is 4.75. The van der Waals surface area contributed by atoms with Crippen molar-refractivity contribution < 1.29 is 32.6 Å². The molecule has 1 rings (SSSR count). The maximum absolute atomic E-state index is 13.4. The van der Waals surface area contributed by atoms with E-state index in [1.165, 1.54) is 0 Å². The monoisotopic (exact) mass is 252 g/mol. The van der Waals surface area contributed by atoms with E-state index in [0.29, 0.717) is 0 Å². The van der Waals surface area contributed by atoms with Crippen LogP contribution in [-0.2, 0) is 23.8 Å². The normalized spacial score (nSPS) is 23.7. The largest absolute Gasteiger partial charge is 0.377 e. The smallest absolute Gasteiger partial charge is 0.369 e. The Hall–Kier alpha value is -0.920. The minimum absolute atomic E-state index is 0.0119. The van der Waals surface area contributed by atoms with Crippen molar-refractivity contribution in [1.82, 2.24) is 0 Å². The van der Waals surface area contributed by atoms with E-state index in [9.17, 15) is 18.4 Å². The van der Waals surface area contributed by atoms with Crippen LogP contribution in [0.4, 0.5) is 8.78 Å². The molecule has 17 heavy (non-hydrogen) atoms. The molecule has 5 nitrogen and oxygen atoms in total. The Morgan fingerprint density at radius 2 is 2.06 bits per heavy atom. The summed E-state index contributed by atoms with van der Waals surface area (Å²) in [6.45, 7) is 2.36. The Labute approximate surface area is 97.0 Å². The van der Waals surface area contributed by atoms with Crippen LogP contribution in [-0.4, -0.2) is 49.7 Å². The zero-order valence-corrected chi connectivity index (χ0v) is 9.79. The fourth-order valence-corrected chi connectivity index (χ4v) is 1.27. The molecular weight excluding hydrogens is 238 g/mol. The van der Waals surface area contributed by atoms with Crippen LogP contribution in [0.3, 0.4) is 0 Å². The van der Waals surface area contributed by atoms with Gasteiger partial charge in [0.25, 0.3) is 5.78 Å². The highest BCUT2D eigenvalue weighted by molar-refractivity contribution is 6.10. The molecule has 0 amide bonds. The van der Waals surface area contributed by atoms with Crippen molar-refractivity contribution in [2.45, 2.75) is 31.7 Å². The molecule has 0 bridgehead atoms. The molecule has 1 aliphatic rings. The number of ether oxygens (including phenoxy) is 3. The lowest BCUT2D eigenvalue weighted by Crippen LogP contribution is -2.46. The minimum Gasteiger partial charge on any atom is -0.377 e. The van der Waals surface area contributed by atoms with Gasteiger partial charge < -0.3 is 14.2 Å². The van der Waals surface area contributed by atoms with Crippen LogP contribution in [0.5, 0.6) is 0 Å². The number of Topliss-reactive ketones (excluding diaryl/α,β-unsaturated/α-hetero) is 2. The predicted molar refractivity (Wildman–Crippen MR) is 51.7 cm³/mol. The quantitative estimate of drug-likeness (QED) is 0.669. The van der Waals surface area contributed by atoms with E-state index in [2.05, 4.69) is 4.74 Å². The third kappa shape index (κ3) is 3.05. The lowest BCUT2D eigenvalue weighted by atomic mass is 10.1. The van der Waals surface area contributed by atoms with E-state index >= 15 is 0 Å². The average Bonchev–Trinajstić information content (AvgIpc) is 2.58. The topological polar surface area (TPSA) is 61.8 Å². The summed E-state index contributed by atoms with van der Waals surface area (Å²) < 4.78 is 40.8. The zero-order valence-electron chi connectivity index (χ0n) is 9.79. The van der Waals surface area contributed by atoms with E-state index in [0.717, 1.165) is 7.11 Å². The minimum atomic E-state index is -4.15. The third-order valence-electron chi connectivity index (χ3n) is 2.16. The lowest BCUT2D eigenvalue weighted by molar-refractivity contribution is -0.179. The summed E-state index contributed by atoms with van der Waals surface area (Å²) in [5.41, 5.74) is -0.819. The molecule has 0 aliphatic carbocycles. The molecule has 1 heterocycles. The second-order valence-corrected chi connectivity index (χ2v) is 4.32. The van der Waals surface area contributed by atoms with Gasteiger partial charge in [-0.2, -0.15) is 8.78 Å². The Bertz CT molecular complexity index is 327. The standard InChI is InChI=1S/C10H14F2O5/c1-9(2)5-16-8(17-9)7(14)10(11,12)6(13)4-15-3/h8H,4-5H2,1-3H3/t8-/m1/s1. The molecule has 1 saturated heterocycles. The molecule has 0 aromatic heterocycles. The number of rotatable bonds is 5. The van der Waals surface area contributed by atoms with Crippen LogP contribution in [0.1, 0.15) is 13.8 Å². The summed E-state index contributed by atoms with van der Waals surface area (Å²) in [5, 5.41) is 0. The van der Waals surface area contributed by atoms with Gasteiger partial charge in [-0.15, -0.1) is 0 Å². The molecule has 0 N–H and O–H groups in total. The van der Waals surface area contributed by atoms with Crippen LogP contribution < -0.4 is 0 Å². The van der Waals surface area contributed by atoms with Crippen molar-refractivity contribution in [3.05, 3.63) is 0 Å². The number of methoxy groups -OCH3 is 1. The van der Waals surface area contributed by atoms with Gasteiger partial charge in [0.2, 0.25) is 12.1 Å². The van der Waals surface area contributed by atoms with Gasteiger partial charge in [0.15, 0.2) is 0 Å². The van der Waals surface area contributed by atoms with Crippen molar-refractivity contribution in [3.8, 4) is 0 Å². The van der Waals surface area contributed by atoms with E-state index in [1.54, 1.807) is 13.8 Å². The first-order valence-electron chi connectivity index (χ1n) is 4.94. The van der Waals surface area contributed by atoms with Gasteiger partial charge in [-0.25, -0.2) is 0 Å². The van der Waals surface area contributed by atoms with Gasteiger partial charge in [0.1, 0.15) is 6.61 Å². The van der Waals surface area contributed by atoms with Gasteiger partial charge >= 0.3 is 5.92 Å². The van der Waals surface area contributed by atoms with Crippen molar-refractivity contribution in [2.24, 2.45) is 0 Å². The number of carbonyl (C=O) groups excluding carboxylic acids is 2. The molecule has 1 fully saturated rings. The molecule has 0 unspecified atom stereocenters. The number of hydrogen-bond acceptors (Lipinski definition) is 5. The molecule has 98 valence electrons. The van der Waals surface area contributed by atoms with E-state index in [1.807, 2.05) is 0 Å². The molecule has 0 radical (unpaired) electrons. The summed E-state index contributed by atoms with van der Waals surface area (Å²) in [7, 11) is 1.09. The van der Waals surface area contributed by atoms with Crippen molar-refractivity contribution >= 4 is 11.6 Å². The van der Waals surface area contributed by atoms with Crippen molar-refractivity contribution in [3.63, 3.8) is 0 Å². The van der Waals surface area contributed by atoms with Crippen molar-refractivity contribution in [2.75, 3.05) is 20.3 Å².